The van der Waals surface area contributed by atoms with E-state index in [0.717, 1.165) is 22.3 Å². The molecule has 0 bridgehead atoms. The molecule has 3 aromatic carbocycles. The second-order valence-corrected chi connectivity index (χ2v) is 6.17. The maximum absolute atomic E-state index is 11.7. The summed E-state index contributed by atoms with van der Waals surface area (Å²) in [7, 11) is 0. The van der Waals surface area contributed by atoms with Crippen molar-refractivity contribution in [3.63, 3.8) is 0 Å². The maximum atomic E-state index is 11.7. The van der Waals surface area contributed by atoms with Crippen LogP contribution in [0.5, 0.6) is 5.75 Å². The van der Waals surface area contributed by atoms with Gasteiger partial charge in [-0.1, -0.05) is 66.7 Å². The zero-order valence-electron chi connectivity index (χ0n) is 14.3. The summed E-state index contributed by atoms with van der Waals surface area (Å²) in [5.74, 6) is -0.782. The van der Waals surface area contributed by atoms with E-state index in [2.05, 4.69) is 5.32 Å². The van der Waals surface area contributed by atoms with E-state index in [1.54, 1.807) is 12.1 Å². The summed E-state index contributed by atoms with van der Waals surface area (Å²) in [5.41, 5.74) is 3.74. The van der Waals surface area contributed by atoms with E-state index in [1.807, 2.05) is 66.7 Å². The van der Waals surface area contributed by atoms with E-state index < -0.39 is 12.0 Å². The summed E-state index contributed by atoms with van der Waals surface area (Å²) in [6.45, 7) is 0.470. The monoisotopic (exact) mass is 347 g/mol. The first-order valence-corrected chi connectivity index (χ1v) is 8.51. The average Bonchev–Trinajstić information content (AvgIpc) is 2.66. The zero-order chi connectivity index (χ0) is 18.4. The van der Waals surface area contributed by atoms with Crippen LogP contribution < -0.4 is 5.32 Å². The van der Waals surface area contributed by atoms with Crippen molar-refractivity contribution in [3.8, 4) is 16.9 Å². The third-order valence-corrected chi connectivity index (χ3v) is 4.29. The molecule has 3 N–H and O–H groups in total. The standard InChI is InChI=1S/C22H21NO3/c24-19-11-12-20(17-9-5-2-6-10-17)18(13-19)14-21(22(25)26)23-15-16-7-3-1-4-8-16/h1-13,21,23-24H,14-15H2,(H,25,26)/t21-/m0/s1. The molecule has 0 aromatic heterocycles. The zero-order valence-corrected chi connectivity index (χ0v) is 14.3. The molecule has 0 saturated carbocycles. The molecule has 0 aliphatic rings. The minimum Gasteiger partial charge on any atom is -0.508 e. The van der Waals surface area contributed by atoms with Gasteiger partial charge < -0.3 is 15.5 Å². The van der Waals surface area contributed by atoms with Crippen LogP contribution in [0.3, 0.4) is 0 Å². The molecule has 0 heterocycles. The van der Waals surface area contributed by atoms with Crippen LogP contribution in [-0.2, 0) is 17.8 Å². The van der Waals surface area contributed by atoms with E-state index in [-0.39, 0.29) is 12.2 Å². The fourth-order valence-corrected chi connectivity index (χ4v) is 2.95. The summed E-state index contributed by atoms with van der Waals surface area (Å²) < 4.78 is 0. The Balaban J connectivity index is 1.82. The molecule has 4 nitrogen and oxygen atoms in total. The summed E-state index contributed by atoms with van der Waals surface area (Å²) >= 11 is 0. The Kier molecular flexibility index (Phi) is 5.66. The van der Waals surface area contributed by atoms with Gasteiger partial charge in [-0.2, -0.15) is 0 Å². The van der Waals surface area contributed by atoms with Gasteiger partial charge in [-0.05, 0) is 40.8 Å². The van der Waals surface area contributed by atoms with Crippen molar-refractivity contribution in [2.75, 3.05) is 0 Å². The minimum absolute atomic E-state index is 0.131. The molecular formula is C22H21NO3. The number of aromatic hydroxyl groups is 1. The Morgan fingerprint density at radius 3 is 2.23 bits per heavy atom. The molecule has 132 valence electrons. The van der Waals surface area contributed by atoms with E-state index in [4.69, 9.17) is 0 Å². The highest BCUT2D eigenvalue weighted by molar-refractivity contribution is 5.75. The maximum Gasteiger partial charge on any atom is 0.321 e. The van der Waals surface area contributed by atoms with Gasteiger partial charge in [0, 0.05) is 6.54 Å². The highest BCUT2D eigenvalue weighted by Gasteiger charge is 2.19. The number of carbonyl (C=O) groups is 1. The van der Waals surface area contributed by atoms with E-state index in [0.29, 0.717) is 6.54 Å². The molecule has 0 amide bonds. The van der Waals surface area contributed by atoms with Gasteiger partial charge in [0.25, 0.3) is 0 Å². The summed E-state index contributed by atoms with van der Waals surface area (Å²) in [6, 6.07) is 23.8. The first kappa shape index (κ1) is 17.7. The Labute approximate surface area is 152 Å². The number of phenolic OH excluding ortho intramolecular Hbond substituents is 1. The molecule has 4 heteroatoms. The number of phenols is 1. The van der Waals surface area contributed by atoms with Crippen molar-refractivity contribution in [2.24, 2.45) is 0 Å². The number of aliphatic carboxylic acids is 1. The minimum atomic E-state index is -0.914. The van der Waals surface area contributed by atoms with Crippen LogP contribution in [0, 0.1) is 0 Å². The van der Waals surface area contributed by atoms with E-state index in [1.165, 1.54) is 0 Å². The van der Waals surface area contributed by atoms with Crippen LogP contribution in [0.2, 0.25) is 0 Å². The number of carboxylic acid groups (broad SMARTS) is 1. The molecule has 0 radical (unpaired) electrons. The highest BCUT2D eigenvalue weighted by Crippen LogP contribution is 2.28. The lowest BCUT2D eigenvalue weighted by Gasteiger charge is -2.17. The third-order valence-electron chi connectivity index (χ3n) is 4.29. The Hall–Kier alpha value is -3.11. The molecule has 0 aliphatic carbocycles. The number of rotatable bonds is 7. The van der Waals surface area contributed by atoms with Crippen molar-refractivity contribution < 1.29 is 15.0 Å². The topological polar surface area (TPSA) is 69.6 Å². The summed E-state index contributed by atoms with van der Waals surface area (Å²) in [4.78, 5) is 11.7. The number of nitrogens with one attached hydrogen (secondary N) is 1. The van der Waals surface area contributed by atoms with Crippen LogP contribution in [0.1, 0.15) is 11.1 Å². The molecule has 0 spiro atoms. The quantitative estimate of drug-likeness (QED) is 0.607. The van der Waals surface area contributed by atoms with Crippen LogP contribution in [0.15, 0.2) is 78.9 Å². The van der Waals surface area contributed by atoms with Crippen LogP contribution in [0.4, 0.5) is 0 Å². The lowest BCUT2D eigenvalue weighted by Crippen LogP contribution is -2.38. The average molecular weight is 347 g/mol. The third kappa shape index (κ3) is 4.49. The molecule has 0 unspecified atom stereocenters. The number of hydrogen-bond acceptors (Lipinski definition) is 3. The largest absolute Gasteiger partial charge is 0.508 e. The van der Waals surface area contributed by atoms with Gasteiger partial charge >= 0.3 is 5.97 Å². The van der Waals surface area contributed by atoms with Crippen LogP contribution in [-0.4, -0.2) is 22.2 Å². The van der Waals surface area contributed by atoms with Crippen molar-refractivity contribution in [1.82, 2.24) is 5.32 Å². The van der Waals surface area contributed by atoms with Crippen LogP contribution in [0.25, 0.3) is 11.1 Å². The van der Waals surface area contributed by atoms with Gasteiger partial charge in [-0.3, -0.25) is 4.79 Å². The van der Waals surface area contributed by atoms with Gasteiger partial charge in [-0.15, -0.1) is 0 Å². The molecule has 3 rings (SSSR count). The predicted octanol–water partition coefficient (Wildman–Crippen LogP) is 3.84. The second-order valence-electron chi connectivity index (χ2n) is 6.17. The van der Waals surface area contributed by atoms with Gasteiger partial charge in [-0.25, -0.2) is 0 Å². The number of hydrogen-bond donors (Lipinski definition) is 3. The summed E-state index contributed by atoms with van der Waals surface area (Å²) in [5, 5.41) is 22.6. The van der Waals surface area contributed by atoms with Gasteiger partial charge in [0.15, 0.2) is 0 Å². The van der Waals surface area contributed by atoms with Crippen molar-refractivity contribution in [2.45, 2.75) is 19.0 Å². The molecule has 1 atom stereocenters. The number of benzene rings is 3. The first-order valence-electron chi connectivity index (χ1n) is 8.51. The normalized spacial score (nSPS) is 11.8. The molecule has 0 fully saturated rings. The van der Waals surface area contributed by atoms with E-state index >= 15 is 0 Å². The van der Waals surface area contributed by atoms with Gasteiger partial charge in [0.1, 0.15) is 11.8 Å². The summed E-state index contributed by atoms with van der Waals surface area (Å²) in [6.07, 6.45) is 0.279. The predicted molar refractivity (Wildman–Crippen MR) is 102 cm³/mol. The Bertz CT molecular complexity index is 863. The lowest BCUT2D eigenvalue weighted by atomic mass is 9.94. The van der Waals surface area contributed by atoms with Crippen molar-refractivity contribution in [3.05, 3.63) is 90.0 Å². The van der Waals surface area contributed by atoms with Crippen LogP contribution >= 0.6 is 0 Å². The van der Waals surface area contributed by atoms with Gasteiger partial charge in [0.05, 0.1) is 0 Å². The molecular weight excluding hydrogens is 326 g/mol. The smallest absolute Gasteiger partial charge is 0.321 e. The van der Waals surface area contributed by atoms with Crippen molar-refractivity contribution in [1.29, 1.82) is 0 Å². The lowest BCUT2D eigenvalue weighted by molar-refractivity contribution is -0.139. The first-order chi connectivity index (χ1) is 12.6. The van der Waals surface area contributed by atoms with Gasteiger partial charge in [0.2, 0.25) is 0 Å². The highest BCUT2D eigenvalue weighted by atomic mass is 16.4. The molecule has 26 heavy (non-hydrogen) atoms. The van der Waals surface area contributed by atoms with E-state index in [9.17, 15) is 15.0 Å². The fourth-order valence-electron chi connectivity index (χ4n) is 2.95. The fraction of sp³-hybridized carbons (Fsp3) is 0.136. The Morgan fingerprint density at radius 1 is 0.923 bits per heavy atom. The molecule has 0 saturated heterocycles. The molecule has 3 aromatic rings. The molecule has 0 aliphatic heterocycles. The second kappa shape index (κ2) is 8.32. The van der Waals surface area contributed by atoms with Crippen molar-refractivity contribution >= 4 is 5.97 Å². The number of carboxylic acids is 1. The Morgan fingerprint density at radius 2 is 1.58 bits per heavy atom. The SMILES string of the molecule is O=C(O)[C@H](Cc1cc(O)ccc1-c1ccccc1)NCc1ccccc1.